The van der Waals surface area contributed by atoms with E-state index >= 15 is 0 Å². The van der Waals surface area contributed by atoms with Crippen molar-refractivity contribution in [2.24, 2.45) is 0 Å². The fourth-order valence-corrected chi connectivity index (χ4v) is 1.05. The molecule has 1 aromatic heterocycles. The molecule has 82 valence electrons. The van der Waals surface area contributed by atoms with E-state index in [-0.39, 0.29) is 5.91 Å². The second kappa shape index (κ2) is 5.29. The lowest BCUT2D eigenvalue weighted by Crippen LogP contribution is -2.23. The number of nitrogens with zero attached hydrogens (tertiary/aromatic N) is 2. The highest BCUT2D eigenvalue weighted by Gasteiger charge is 2.02. The molecule has 1 rings (SSSR count). The van der Waals surface area contributed by atoms with Crippen molar-refractivity contribution in [3.63, 3.8) is 0 Å². The zero-order chi connectivity index (χ0) is 11.3. The first-order valence-corrected chi connectivity index (χ1v) is 4.65. The van der Waals surface area contributed by atoms with Gasteiger partial charge in [-0.3, -0.25) is 4.79 Å². The molecule has 15 heavy (non-hydrogen) atoms. The van der Waals surface area contributed by atoms with Crippen molar-refractivity contribution in [2.75, 3.05) is 26.0 Å². The maximum absolute atomic E-state index is 12.7. The molecule has 0 aliphatic rings. The highest BCUT2D eigenvalue weighted by Crippen LogP contribution is 2.06. The fraction of sp³-hybridized carbons (Fsp3) is 0.400. The largest absolute Gasteiger partial charge is 0.384 e. The summed E-state index contributed by atoms with van der Waals surface area (Å²) in [6, 6.07) is 2.95. The van der Waals surface area contributed by atoms with Gasteiger partial charge in [0.15, 0.2) is 0 Å². The van der Waals surface area contributed by atoms with Crippen molar-refractivity contribution in [3.05, 3.63) is 24.3 Å². The molecule has 0 saturated carbocycles. The van der Waals surface area contributed by atoms with Crippen LogP contribution < -0.4 is 5.32 Å². The highest BCUT2D eigenvalue weighted by molar-refractivity contribution is 5.76. The first-order chi connectivity index (χ1) is 7.09. The molecule has 0 aliphatic heterocycles. The van der Waals surface area contributed by atoms with Crippen molar-refractivity contribution < 1.29 is 9.18 Å². The molecule has 1 N–H and O–H groups in total. The van der Waals surface area contributed by atoms with Gasteiger partial charge >= 0.3 is 0 Å². The standard InChI is InChI=1S/C10H14FN3O/c1-14(2)10(15)4-6-12-8-3-5-13-9(11)7-8/h3,5,7H,4,6H2,1-2H3,(H,12,13). The number of pyridine rings is 1. The minimum Gasteiger partial charge on any atom is -0.384 e. The maximum Gasteiger partial charge on any atom is 0.223 e. The molecule has 0 saturated heterocycles. The number of rotatable bonds is 4. The minimum absolute atomic E-state index is 0.0389. The normalized spacial score (nSPS) is 9.80. The molecular formula is C10H14FN3O. The van der Waals surface area contributed by atoms with Crippen molar-refractivity contribution in [1.82, 2.24) is 9.88 Å². The number of anilines is 1. The van der Waals surface area contributed by atoms with Crippen LogP contribution in [-0.4, -0.2) is 36.4 Å². The SMILES string of the molecule is CN(C)C(=O)CCNc1ccnc(F)c1. The number of amides is 1. The predicted octanol–water partition coefficient (Wildman–Crippen LogP) is 1.11. The number of hydrogen-bond acceptors (Lipinski definition) is 3. The van der Waals surface area contributed by atoms with Gasteiger partial charge in [0, 0.05) is 45.0 Å². The van der Waals surface area contributed by atoms with E-state index in [0.717, 1.165) is 0 Å². The van der Waals surface area contributed by atoms with Crippen molar-refractivity contribution in [3.8, 4) is 0 Å². The third kappa shape index (κ3) is 3.93. The van der Waals surface area contributed by atoms with Crippen LogP contribution in [0.3, 0.4) is 0 Å². The first kappa shape index (κ1) is 11.4. The van der Waals surface area contributed by atoms with Gasteiger partial charge in [0.2, 0.25) is 11.9 Å². The number of carbonyl (C=O) groups excluding carboxylic acids is 1. The van der Waals surface area contributed by atoms with Crippen molar-refractivity contribution >= 4 is 11.6 Å². The Bertz CT molecular complexity index is 341. The molecule has 0 unspecified atom stereocenters. The Hall–Kier alpha value is -1.65. The Morgan fingerprint density at radius 2 is 2.33 bits per heavy atom. The summed E-state index contributed by atoms with van der Waals surface area (Å²) in [5, 5.41) is 2.94. The third-order valence-electron chi connectivity index (χ3n) is 1.89. The van der Waals surface area contributed by atoms with E-state index in [0.29, 0.717) is 18.7 Å². The van der Waals surface area contributed by atoms with Crippen LogP contribution in [0.4, 0.5) is 10.1 Å². The molecule has 0 fully saturated rings. The fourth-order valence-electron chi connectivity index (χ4n) is 1.05. The van der Waals surface area contributed by atoms with Gasteiger partial charge in [0.25, 0.3) is 0 Å². The second-order valence-corrected chi connectivity index (χ2v) is 3.33. The maximum atomic E-state index is 12.7. The van der Waals surface area contributed by atoms with Gasteiger partial charge < -0.3 is 10.2 Å². The zero-order valence-corrected chi connectivity index (χ0v) is 8.83. The summed E-state index contributed by atoms with van der Waals surface area (Å²) >= 11 is 0. The van der Waals surface area contributed by atoms with Crippen LogP contribution >= 0.6 is 0 Å². The molecule has 0 aromatic carbocycles. The van der Waals surface area contributed by atoms with Gasteiger partial charge in [-0.2, -0.15) is 4.39 Å². The van der Waals surface area contributed by atoms with E-state index in [1.807, 2.05) is 0 Å². The van der Waals surface area contributed by atoms with E-state index in [1.165, 1.54) is 17.2 Å². The van der Waals surface area contributed by atoms with Crippen LogP contribution in [0.2, 0.25) is 0 Å². The number of nitrogens with one attached hydrogen (secondary N) is 1. The molecule has 0 radical (unpaired) electrons. The highest BCUT2D eigenvalue weighted by atomic mass is 19.1. The molecule has 0 spiro atoms. The molecule has 0 atom stereocenters. The summed E-state index contributed by atoms with van der Waals surface area (Å²) < 4.78 is 12.7. The number of carbonyl (C=O) groups is 1. The molecular weight excluding hydrogens is 197 g/mol. The Morgan fingerprint density at radius 1 is 1.60 bits per heavy atom. The molecule has 1 aromatic rings. The van der Waals surface area contributed by atoms with Crippen LogP contribution in [0, 0.1) is 5.95 Å². The minimum atomic E-state index is -0.529. The Morgan fingerprint density at radius 3 is 2.93 bits per heavy atom. The van der Waals surface area contributed by atoms with Crippen LogP contribution in [0.25, 0.3) is 0 Å². The smallest absolute Gasteiger partial charge is 0.223 e. The average molecular weight is 211 g/mol. The molecule has 1 heterocycles. The monoisotopic (exact) mass is 211 g/mol. The molecule has 4 nitrogen and oxygen atoms in total. The van der Waals surface area contributed by atoms with Crippen molar-refractivity contribution in [2.45, 2.75) is 6.42 Å². The van der Waals surface area contributed by atoms with Gasteiger partial charge in [0.1, 0.15) is 0 Å². The molecule has 5 heteroatoms. The molecule has 0 bridgehead atoms. The average Bonchev–Trinajstić information content (AvgIpc) is 2.17. The number of halogens is 1. The Balaban J connectivity index is 2.35. The van der Waals surface area contributed by atoms with Crippen LogP contribution in [0.1, 0.15) is 6.42 Å². The Kier molecular flexibility index (Phi) is 4.03. The van der Waals surface area contributed by atoms with Gasteiger partial charge in [-0.25, -0.2) is 4.98 Å². The van der Waals surface area contributed by atoms with Gasteiger partial charge in [0.05, 0.1) is 0 Å². The van der Waals surface area contributed by atoms with E-state index < -0.39 is 5.95 Å². The van der Waals surface area contributed by atoms with Gasteiger partial charge in [-0.1, -0.05) is 0 Å². The van der Waals surface area contributed by atoms with Gasteiger partial charge in [-0.05, 0) is 6.07 Å². The topological polar surface area (TPSA) is 45.2 Å². The third-order valence-corrected chi connectivity index (χ3v) is 1.89. The summed E-state index contributed by atoms with van der Waals surface area (Å²) in [5.41, 5.74) is 0.633. The molecule has 0 aliphatic carbocycles. The summed E-state index contributed by atoms with van der Waals surface area (Å²) in [7, 11) is 3.41. The molecule has 1 amide bonds. The number of hydrogen-bond donors (Lipinski definition) is 1. The Labute approximate surface area is 88.1 Å². The second-order valence-electron chi connectivity index (χ2n) is 3.33. The summed E-state index contributed by atoms with van der Waals surface area (Å²) in [4.78, 5) is 16.2. The predicted molar refractivity (Wildman–Crippen MR) is 56.0 cm³/mol. The van der Waals surface area contributed by atoms with E-state index in [1.54, 1.807) is 20.2 Å². The summed E-state index contributed by atoms with van der Waals surface area (Å²) in [6.07, 6.45) is 1.77. The lowest BCUT2D eigenvalue weighted by Gasteiger charge is -2.10. The van der Waals surface area contributed by atoms with Crippen molar-refractivity contribution in [1.29, 1.82) is 0 Å². The van der Waals surface area contributed by atoms with Crippen LogP contribution in [0.5, 0.6) is 0 Å². The quantitative estimate of drug-likeness (QED) is 0.759. The first-order valence-electron chi connectivity index (χ1n) is 4.65. The summed E-state index contributed by atoms with van der Waals surface area (Å²) in [5.74, 6) is -0.490. The summed E-state index contributed by atoms with van der Waals surface area (Å²) in [6.45, 7) is 0.487. The zero-order valence-electron chi connectivity index (χ0n) is 8.83. The van der Waals surface area contributed by atoms with Gasteiger partial charge in [-0.15, -0.1) is 0 Å². The lowest BCUT2D eigenvalue weighted by molar-refractivity contribution is -0.128. The van der Waals surface area contributed by atoms with E-state index in [9.17, 15) is 9.18 Å². The van der Waals surface area contributed by atoms with E-state index in [4.69, 9.17) is 0 Å². The van der Waals surface area contributed by atoms with Crippen LogP contribution in [0.15, 0.2) is 18.3 Å². The lowest BCUT2D eigenvalue weighted by atomic mass is 10.3. The van der Waals surface area contributed by atoms with E-state index in [2.05, 4.69) is 10.3 Å². The number of aromatic nitrogens is 1. The van der Waals surface area contributed by atoms with Crippen LogP contribution in [-0.2, 0) is 4.79 Å².